The minimum absolute atomic E-state index is 0.178. The molecule has 0 atom stereocenters. The Morgan fingerprint density at radius 2 is 1.93 bits per heavy atom. The van der Waals surface area contributed by atoms with Crippen molar-refractivity contribution < 1.29 is 19.1 Å². The Kier molecular flexibility index (Phi) is 6.17. The summed E-state index contributed by atoms with van der Waals surface area (Å²) in [5, 5.41) is 3.57. The molecule has 0 aromatic heterocycles. The summed E-state index contributed by atoms with van der Waals surface area (Å²) in [6.45, 7) is 0.221. The third-order valence-corrected chi connectivity index (χ3v) is 5.34. The Balaban J connectivity index is 1.85. The third kappa shape index (κ3) is 4.27. The van der Waals surface area contributed by atoms with Crippen LogP contribution in [-0.2, 0) is 11.4 Å². The molecule has 146 valence electrons. The zero-order valence-corrected chi connectivity index (χ0v) is 18.0. The second-order valence-electron chi connectivity index (χ2n) is 5.90. The van der Waals surface area contributed by atoms with E-state index in [2.05, 4.69) is 21.2 Å². The van der Waals surface area contributed by atoms with Gasteiger partial charge in [0.15, 0.2) is 11.5 Å². The van der Waals surface area contributed by atoms with Gasteiger partial charge in [0.05, 0.1) is 7.11 Å². The van der Waals surface area contributed by atoms with Crippen LogP contribution >= 0.6 is 39.1 Å². The van der Waals surface area contributed by atoms with Crippen LogP contribution in [0.1, 0.15) is 11.1 Å². The maximum atomic E-state index is 12.0. The summed E-state index contributed by atoms with van der Waals surface area (Å²) < 4.78 is 11.9. The average Bonchev–Trinajstić information content (AvgIpc) is 2.89. The summed E-state index contributed by atoms with van der Waals surface area (Å²) in [6.07, 6.45) is 1.57. The van der Waals surface area contributed by atoms with Crippen molar-refractivity contribution in [2.45, 2.75) is 6.61 Å². The van der Waals surface area contributed by atoms with Gasteiger partial charge in [0.2, 0.25) is 0 Å². The fourth-order valence-corrected chi connectivity index (χ4v) is 3.41. The van der Waals surface area contributed by atoms with Crippen LogP contribution in [0.5, 0.6) is 11.5 Å². The summed E-state index contributed by atoms with van der Waals surface area (Å²) >= 11 is 15.5. The molecule has 0 aliphatic carbocycles. The Morgan fingerprint density at radius 3 is 2.54 bits per heavy atom. The van der Waals surface area contributed by atoms with Crippen molar-refractivity contribution in [2.24, 2.45) is 0 Å². The molecule has 3 amide bonds. The zero-order valence-electron chi connectivity index (χ0n) is 14.9. The lowest BCUT2D eigenvalue weighted by Gasteiger charge is -2.14. The zero-order chi connectivity index (χ0) is 20.4. The average molecular weight is 486 g/mol. The summed E-state index contributed by atoms with van der Waals surface area (Å²) in [5.41, 5.74) is 1.60. The van der Waals surface area contributed by atoms with E-state index in [4.69, 9.17) is 32.7 Å². The molecule has 1 aliphatic heterocycles. The lowest BCUT2D eigenvalue weighted by molar-refractivity contribution is -0.121. The topological polar surface area (TPSA) is 67.9 Å². The molecule has 3 rings (SSSR count). The van der Waals surface area contributed by atoms with Gasteiger partial charge in [0, 0.05) is 27.1 Å². The van der Waals surface area contributed by atoms with Crippen LogP contribution in [0.25, 0.3) is 6.08 Å². The quantitative estimate of drug-likeness (QED) is 0.484. The molecule has 9 heteroatoms. The van der Waals surface area contributed by atoms with Crippen molar-refractivity contribution in [3.05, 3.63) is 61.7 Å². The van der Waals surface area contributed by atoms with Crippen molar-refractivity contribution in [3.8, 4) is 11.5 Å². The first-order chi connectivity index (χ1) is 13.3. The van der Waals surface area contributed by atoms with Gasteiger partial charge in [-0.25, -0.2) is 4.79 Å². The van der Waals surface area contributed by atoms with Gasteiger partial charge < -0.3 is 14.8 Å². The summed E-state index contributed by atoms with van der Waals surface area (Å²) in [7, 11) is 2.92. The van der Waals surface area contributed by atoms with Crippen LogP contribution in [0.3, 0.4) is 0 Å². The van der Waals surface area contributed by atoms with Gasteiger partial charge in [-0.05, 0) is 35.9 Å². The van der Waals surface area contributed by atoms with Crippen molar-refractivity contribution >= 4 is 57.1 Å². The summed E-state index contributed by atoms with van der Waals surface area (Å²) in [4.78, 5) is 24.6. The summed E-state index contributed by atoms with van der Waals surface area (Å²) in [6, 6.07) is 8.12. The van der Waals surface area contributed by atoms with Crippen LogP contribution in [-0.4, -0.2) is 31.0 Å². The fourth-order valence-electron chi connectivity index (χ4n) is 2.51. The number of benzene rings is 2. The Morgan fingerprint density at radius 1 is 1.18 bits per heavy atom. The first-order valence-electron chi connectivity index (χ1n) is 8.05. The fraction of sp³-hybridized carbons (Fsp3) is 0.158. The smallest absolute Gasteiger partial charge is 0.328 e. The molecule has 2 aromatic carbocycles. The SMILES string of the molecule is COc1cc(/C=C2/NC(=O)N(C)C2=O)c(Br)cc1OCc1ccc(Cl)cc1Cl. The van der Waals surface area contributed by atoms with E-state index < -0.39 is 11.9 Å². The molecule has 1 aliphatic rings. The van der Waals surface area contributed by atoms with Gasteiger partial charge in [-0.15, -0.1) is 0 Å². The van der Waals surface area contributed by atoms with E-state index in [0.29, 0.717) is 31.6 Å². The standard InChI is InChI=1S/C19H15BrCl2N2O4/c1-24-18(25)15(23-19(24)26)5-11-6-16(27-2)17(8-13(11)20)28-9-10-3-4-12(21)7-14(10)22/h3-8H,9H2,1-2H3,(H,23,26)/b15-5+. The van der Waals surface area contributed by atoms with Crippen LogP contribution in [0.15, 0.2) is 40.5 Å². The molecule has 1 heterocycles. The van der Waals surface area contributed by atoms with E-state index in [1.165, 1.54) is 14.2 Å². The minimum Gasteiger partial charge on any atom is -0.493 e. The largest absolute Gasteiger partial charge is 0.493 e. The molecular weight excluding hydrogens is 471 g/mol. The molecule has 1 fully saturated rings. The molecule has 0 unspecified atom stereocenters. The number of nitrogens with one attached hydrogen (secondary N) is 1. The minimum atomic E-state index is -0.473. The highest BCUT2D eigenvalue weighted by atomic mass is 79.9. The van der Waals surface area contributed by atoms with Crippen molar-refractivity contribution in [1.29, 1.82) is 0 Å². The highest BCUT2D eigenvalue weighted by Gasteiger charge is 2.30. The molecule has 0 bridgehead atoms. The Labute approximate surface area is 180 Å². The van der Waals surface area contributed by atoms with Gasteiger partial charge in [0.25, 0.3) is 5.91 Å². The number of hydrogen-bond donors (Lipinski definition) is 1. The number of likely N-dealkylation sites (N-methyl/N-ethyl adjacent to an activating group) is 1. The molecule has 0 spiro atoms. The lowest BCUT2D eigenvalue weighted by atomic mass is 10.1. The van der Waals surface area contributed by atoms with E-state index in [1.807, 2.05) is 0 Å². The second-order valence-corrected chi connectivity index (χ2v) is 7.60. The number of hydrogen-bond acceptors (Lipinski definition) is 4. The first kappa shape index (κ1) is 20.5. The first-order valence-corrected chi connectivity index (χ1v) is 9.60. The van der Waals surface area contributed by atoms with Crippen molar-refractivity contribution in [1.82, 2.24) is 10.2 Å². The van der Waals surface area contributed by atoms with E-state index in [9.17, 15) is 9.59 Å². The maximum Gasteiger partial charge on any atom is 0.328 e. The number of nitrogens with zero attached hydrogens (tertiary/aromatic N) is 1. The number of rotatable bonds is 5. The Bertz CT molecular complexity index is 994. The number of methoxy groups -OCH3 is 1. The monoisotopic (exact) mass is 484 g/mol. The second kappa shape index (κ2) is 8.43. The van der Waals surface area contributed by atoms with Gasteiger partial charge in [-0.3, -0.25) is 9.69 Å². The van der Waals surface area contributed by atoms with Crippen LogP contribution in [0.4, 0.5) is 4.79 Å². The number of urea groups is 1. The number of ether oxygens (including phenoxy) is 2. The number of carbonyl (C=O) groups is 2. The number of carbonyl (C=O) groups excluding carboxylic acids is 2. The van der Waals surface area contributed by atoms with Gasteiger partial charge in [-0.1, -0.05) is 45.2 Å². The maximum absolute atomic E-state index is 12.0. The van der Waals surface area contributed by atoms with E-state index in [0.717, 1.165) is 10.5 Å². The molecular formula is C19H15BrCl2N2O4. The van der Waals surface area contributed by atoms with E-state index in [-0.39, 0.29) is 12.3 Å². The molecule has 1 N–H and O–H groups in total. The highest BCUT2D eigenvalue weighted by Crippen LogP contribution is 2.36. The van der Waals surface area contributed by atoms with Gasteiger partial charge >= 0.3 is 6.03 Å². The molecule has 6 nitrogen and oxygen atoms in total. The number of halogens is 3. The van der Waals surface area contributed by atoms with Crippen LogP contribution in [0, 0.1) is 0 Å². The summed E-state index contributed by atoms with van der Waals surface area (Å²) in [5.74, 6) is 0.542. The lowest BCUT2D eigenvalue weighted by Crippen LogP contribution is -2.25. The molecule has 28 heavy (non-hydrogen) atoms. The van der Waals surface area contributed by atoms with E-state index in [1.54, 1.807) is 36.4 Å². The van der Waals surface area contributed by atoms with Crippen molar-refractivity contribution in [2.75, 3.05) is 14.2 Å². The van der Waals surface area contributed by atoms with Gasteiger partial charge in [-0.2, -0.15) is 0 Å². The molecule has 1 saturated heterocycles. The highest BCUT2D eigenvalue weighted by molar-refractivity contribution is 9.10. The number of imide groups is 1. The number of amides is 3. The van der Waals surface area contributed by atoms with Crippen molar-refractivity contribution in [3.63, 3.8) is 0 Å². The third-order valence-electron chi connectivity index (χ3n) is 4.06. The predicted octanol–water partition coefficient (Wildman–Crippen LogP) is 4.87. The molecule has 0 radical (unpaired) electrons. The van der Waals surface area contributed by atoms with Crippen LogP contribution in [0.2, 0.25) is 10.0 Å². The molecule has 2 aromatic rings. The Hall–Kier alpha value is -2.22. The van der Waals surface area contributed by atoms with Crippen LogP contribution < -0.4 is 14.8 Å². The van der Waals surface area contributed by atoms with E-state index >= 15 is 0 Å². The molecule has 0 saturated carbocycles. The predicted molar refractivity (Wildman–Crippen MR) is 111 cm³/mol. The van der Waals surface area contributed by atoms with Gasteiger partial charge in [0.1, 0.15) is 12.3 Å². The normalized spacial score (nSPS) is 15.2.